The van der Waals surface area contributed by atoms with Crippen LogP contribution in [0.15, 0.2) is 6.20 Å². The number of aryl methyl sites for hydroxylation is 1. The Morgan fingerprint density at radius 2 is 2.25 bits per heavy atom. The molecule has 0 radical (unpaired) electrons. The SMILES string of the molecule is CCCNc1nc(C)cn1CCNC(C)=O. The van der Waals surface area contributed by atoms with E-state index in [-0.39, 0.29) is 5.91 Å². The van der Waals surface area contributed by atoms with Gasteiger partial charge in [0.2, 0.25) is 11.9 Å². The first kappa shape index (κ1) is 12.5. The summed E-state index contributed by atoms with van der Waals surface area (Å²) in [5.74, 6) is 0.879. The molecule has 0 atom stereocenters. The fourth-order valence-electron chi connectivity index (χ4n) is 1.45. The van der Waals surface area contributed by atoms with Crippen LogP contribution >= 0.6 is 0 Å². The first-order valence-electron chi connectivity index (χ1n) is 5.65. The number of carbonyl (C=O) groups excluding carboxylic acids is 1. The molecular formula is C11H20N4O. The molecule has 0 unspecified atom stereocenters. The van der Waals surface area contributed by atoms with Crippen molar-refractivity contribution in [3.8, 4) is 0 Å². The van der Waals surface area contributed by atoms with Gasteiger partial charge in [-0.15, -0.1) is 0 Å². The number of rotatable bonds is 6. The van der Waals surface area contributed by atoms with Gasteiger partial charge in [0.05, 0.1) is 5.69 Å². The second-order valence-electron chi connectivity index (χ2n) is 3.81. The molecule has 0 aliphatic carbocycles. The van der Waals surface area contributed by atoms with Crippen molar-refractivity contribution in [1.82, 2.24) is 14.9 Å². The van der Waals surface area contributed by atoms with Crippen molar-refractivity contribution in [3.63, 3.8) is 0 Å². The summed E-state index contributed by atoms with van der Waals surface area (Å²) in [5, 5.41) is 6.03. The topological polar surface area (TPSA) is 59.0 Å². The number of imidazole rings is 1. The largest absolute Gasteiger partial charge is 0.356 e. The van der Waals surface area contributed by atoms with E-state index in [2.05, 4.69) is 22.5 Å². The van der Waals surface area contributed by atoms with Gasteiger partial charge in [-0.25, -0.2) is 4.98 Å². The van der Waals surface area contributed by atoms with E-state index >= 15 is 0 Å². The zero-order valence-electron chi connectivity index (χ0n) is 10.2. The summed E-state index contributed by atoms with van der Waals surface area (Å²) in [6, 6.07) is 0. The first-order chi connectivity index (χ1) is 7.63. The van der Waals surface area contributed by atoms with Crippen molar-refractivity contribution in [3.05, 3.63) is 11.9 Å². The summed E-state index contributed by atoms with van der Waals surface area (Å²) >= 11 is 0. The van der Waals surface area contributed by atoms with Gasteiger partial charge in [0.1, 0.15) is 0 Å². The average molecular weight is 224 g/mol. The second kappa shape index (κ2) is 6.15. The summed E-state index contributed by atoms with van der Waals surface area (Å²) in [5.41, 5.74) is 0.987. The lowest BCUT2D eigenvalue weighted by atomic mass is 10.5. The molecule has 0 aliphatic heterocycles. The van der Waals surface area contributed by atoms with Crippen LogP contribution in [0.3, 0.4) is 0 Å². The molecule has 5 heteroatoms. The molecule has 1 amide bonds. The number of amides is 1. The van der Waals surface area contributed by atoms with Crippen LogP contribution in [0.1, 0.15) is 26.0 Å². The molecule has 0 aromatic carbocycles. The predicted octanol–water partition coefficient (Wildman–Crippen LogP) is 1.15. The zero-order chi connectivity index (χ0) is 12.0. The summed E-state index contributed by atoms with van der Waals surface area (Å²) in [4.78, 5) is 15.1. The van der Waals surface area contributed by atoms with Crippen LogP contribution in [-0.2, 0) is 11.3 Å². The minimum Gasteiger partial charge on any atom is -0.356 e. The summed E-state index contributed by atoms with van der Waals surface area (Å²) < 4.78 is 2.03. The van der Waals surface area contributed by atoms with Crippen LogP contribution < -0.4 is 10.6 Å². The maximum atomic E-state index is 10.7. The number of hydrogen-bond acceptors (Lipinski definition) is 3. The highest BCUT2D eigenvalue weighted by Crippen LogP contribution is 2.07. The molecule has 0 aliphatic rings. The van der Waals surface area contributed by atoms with E-state index in [9.17, 15) is 4.79 Å². The number of anilines is 1. The molecular weight excluding hydrogens is 204 g/mol. The molecule has 2 N–H and O–H groups in total. The molecule has 0 saturated carbocycles. The molecule has 1 rings (SSSR count). The van der Waals surface area contributed by atoms with E-state index in [1.54, 1.807) is 0 Å². The molecule has 1 aromatic heterocycles. The zero-order valence-corrected chi connectivity index (χ0v) is 10.2. The molecule has 0 fully saturated rings. The number of hydrogen-bond donors (Lipinski definition) is 2. The molecule has 16 heavy (non-hydrogen) atoms. The van der Waals surface area contributed by atoms with Crippen molar-refractivity contribution in [2.75, 3.05) is 18.4 Å². The number of carbonyl (C=O) groups is 1. The van der Waals surface area contributed by atoms with Crippen LogP contribution in [0.2, 0.25) is 0 Å². The third-order valence-electron chi connectivity index (χ3n) is 2.16. The number of aromatic nitrogens is 2. The van der Waals surface area contributed by atoms with Crippen molar-refractivity contribution in [2.24, 2.45) is 0 Å². The Balaban J connectivity index is 2.52. The predicted molar refractivity (Wildman–Crippen MR) is 64.4 cm³/mol. The van der Waals surface area contributed by atoms with Crippen molar-refractivity contribution < 1.29 is 4.79 Å². The van der Waals surface area contributed by atoms with E-state index < -0.39 is 0 Å². The number of nitrogens with one attached hydrogen (secondary N) is 2. The fraction of sp³-hybridized carbons (Fsp3) is 0.636. The lowest BCUT2D eigenvalue weighted by molar-refractivity contribution is -0.118. The quantitative estimate of drug-likeness (QED) is 0.762. The van der Waals surface area contributed by atoms with Gasteiger partial charge in [-0.1, -0.05) is 6.92 Å². The lowest BCUT2D eigenvalue weighted by Gasteiger charge is -2.08. The Kier molecular flexibility index (Phi) is 4.82. The van der Waals surface area contributed by atoms with Crippen molar-refractivity contribution in [1.29, 1.82) is 0 Å². The van der Waals surface area contributed by atoms with Crippen LogP contribution in [0.4, 0.5) is 5.95 Å². The molecule has 90 valence electrons. The van der Waals surface area contributed by atoms with Gasteiger partial charge in [-0.2, -0.15) is 0 Å². The van der Waals surface area contributed by atoms with E-state index in [4.69, 9.17) is 0 Å². The van der Waals surface area contributed by atoms with E-state index in [1.807, 2.05) is 17.7 Å². The highest BCUT2D eigenvalue weighted by molar-refractivity contribution is 5.72. The Hall–Kier alpha value is -1.52. The Labute approximate surface area is 96.3 Å². The standard InChI is InChI=1S/C11H20N4O/c1-4-5-13-11-14-9(2)8-15(11)7-6-12-10(3)16/h8H,4-7H2,1-3H3,(H,12,16)(H,13,14). The van der Waals surface area contributed by atoms with Crippen molar-refractivity contribution >= 4 is 11.9 Å². The van der Waals surface area contributed by atoms with Crippen LogP contribution in [0.25, 0.3) is 0 Å². The highest BCUT2D eigenvalue weighted by atomic mass is 16.1. The molecule has 5 nitrogen and oxygen atoms in total. The number of nitrogens with zero attached hydrogens (tertiary/aromatic N) is 2. The molecule has 0 saturated heterocycles. The third-order valence-corrected chi connectivity index (χ3v) is 2.16. The third kappa shape index (κ3) is 3.92. The Morgan fingerprint density at radius 1 is 1.50 bits per heavy atom. The van der Waals surface area contributed by atoms with E-state index in [0.717, 1.165) is 31.2 Å². The van der Waals surface area contributed by atoms with Gasteiger partial charge in [-0.05, 0) is 13.3 Å². The lowest BCUT2D eigenvalue weighted by Crippen LogP contribution is -2.24. The molecule has 0 spiro atoms. The normalized spacial score (nSPS) is 10.2. The monoisotopic (exact) mass is 224 g/mol. The minimum atomic E-state index is -0.0000883. The van der Waals surface area contributed by atoms with Gasteiger partial charge >= 0.3 is 0 Å². The second-order valence-corrected chi connectivity index (χ2v) is 3.81. The van der Waals surface area contributed by atoms with Gasteiger partial charge < -0.3 is 15.2 Å². The van der Waals surface area contributed by atoms with Crippen LogP contribution in [-0.4, -0.2) is 28.5 Å². The smallest absolute Gasteiger partial charge is 0.216 e. The van der Waals surface area contributed by atoms with Gasteiger partial charge in [0.25, 0.3) is 0 Å². The van der Waals surface area contributed by atoms with Crippen LogP contribution in [0.5, 0.6) is 0 Å². The Bertz CT molecular complexity index is 346. The minimum absolute atomic E-state index is 0.0000883. The average Bonchev–Trinajstić information content (AvgIpc) is 2.55. The summed E-state index contributed by atoms with van der Waals surface area (Å²) in [7, 11) is 0. The highest BCUT2D eigenvalue weighted by Gasteiger charge is 2.04. The maximum absolute atomic E-state index is 10.7. The summed E-state index contributed by atoms with van der Waals surface area (Å²) in [6.07, 6.45) is 3.05. The first-order valence-corrected chi connectivity index (χ1v) is 5.65. The van der Waals surface area contributed by atoms with Crippen molar-refractivity contribution in [2.45, 2.75) is 33.7 Å². The van der Waals surface area contributed by atoms with Gasteiger partial charge in [-0.3, -0.25) is 4.79 Å². The molecule has 0 bridgehead atoms. The Morgan fingerprint density at radius 3 is 2.88 bits per heavy atom. The van der Waals surface area contributed by atoms with Crippen LogP contribution in [0, 0.1) is 6.92 Å². The summed E-state index contributed by atoms with van der Waals surface area (Å²) in [6.45, 7) is 7.89. The van der Waals surface area contributed by atoms with E-state index in [1.165, 1.54) is 6.92 Å². The van der Waals surface area contributed by atoms with E-state index in [0.29, 0.717) is 6.54 Å². The maximum Gasteiger partial charge on any atom is 0.216 e. The molecule has 1 aromatic rings. The fourth-order valence-corrected chi connectivity index (χ4v) is 1.45. The van der Waals surface area contributed by atoms with Gasteiger partial charge in [0, 0.05) is 32.8 Å². The molecule has 1 heterocycles. The van der Waals surface area contributed by atoms with Gasteiger partial charge in [0.15, 0.2) is 0 Å².